The summed E-state index contributed by atoms with van der Waals surface area (Å²) in [6, 6.07) is 9.21. The normalized spacial score (nSPS) is 14.5. The van der Waals surface area contributed by atoms with Crippen LogP contribution in [-0.4, -0.2) is 36.9 Å². The highest BCUT2D eigenvalue weighted by Crippen LogP contribution is 2.36. The van der Waals surface area contributed by atoms with E-state index in [0.29, 0.717) is 18.1 Å². The summed E-state index contributed by atoms with van der Waals surface area (Å²) < 4.78 is 11.1. The zero-order chi connectivity index (χ0) is 15.5. The van der Waals surface area contributed by atoms with Crippen LogP contribution in [-0.2, 0) is 0 Å². The zero-order valence-corrected chi connectivity index (χ0v) is 13.0. The smallest absolute Gasteiger partial charge is 0.261 e. The molecular formula is C16H17NO4S. The quantitative estimate of drug-likeness (QED) is 0.907. The van der Waals surface area contributed by atoms with Crippen molar-refractivity contribution in [2.45, 2.75) is 13.0 Å². The fraction of sp³-hybridized carbons (Fsp3) is 0.312. The SMILES string of the molecule is CC(CO)NC(=O)c1ccc(-c2ccc3c(c2)OCCO3)s1. The van der Waals surface area contributed by atoms with Gasteiger partial charge in [0.05, 0.1) is 11.5 Å². The topological polar surface area (TPSA) is 67.8 Å². The van der Waals surface area contributed by atoms with E-state index in [1.165, 1.54) is 11.3 Å². The lowest BCUT2D eigenvalue weighted by Crippen LogP contribution is -2.34. The van der Waals surface area contributed by atoms with Crippen LogP contribution in [0.3, 0.4) is 0 Å². The van der Waals surface area contributed by atoms with Gasteiger partial charge < -0.3 is 19.9 Å². The molecule has 0 aliphatic carbocycles. The maximum Gasteiger partial charge on any atom is 0.261 e. The lowest BCUT2D eigenvalue weighted by molar-refractivity contribution is 0.0926. The molecular weight excluding hydrogens is 302 g/mol. The van der Waals surface area contributed by atoms with Crippen molar-refractivity contribution in [2.75, 3.05) is 19.8 Å². The van der Waals surface area contributed by atoms with Crippen molar-refractivity contribution >= 4 is 17.2 Å². The minimum Gasteiger partial charge on any atom is -0.486 e. The first-order valence-corrected chi connectivity index (χ1v) is 7.90. The fourth-order valence-corrected chi connectivity index (χ4v) is 3.06. The van der Waals surface area contributed by atoms with Gasteiger partial charge in [-0.2, -0.15) is 0 Å². The molecule has 3 rings (SSSR count). The Labute approximate surface area is 132 Å². The number of carbonyl (C=O) groups excluding carboxylic acids is 1. The molecule has 1 aromatic heterocycles. The number of aliphatic hydroxyl groups is 1. The van der Waals surface area contributed by atoms with Gasteiger partial charge in [-0.15, -0.1) is 11.3 Å². The number of carbonyl (C=O) groups is 1. The Balaban J connectivity index is 1.80. The minimum atomic E-state index is -0.257. The number of nitrogens with one attached hydrogen (secondary N) is 1. The van der Waals surface area contributed by atoms with E-state index in [4.69, 9.17) is 14.6 Å². The molecule has 22 heavy (non-hydrogen) atoms. The third kappa shape index (κ3) is 3.08. The molecule has 1 aliphatic rings. The first-order chi connectivity index (χ1) is 10.7. The summed E-state index contributed by atoms with van der Waals surface area (Å²) in [5, 5.41) is 11.7. The van der Waals surface area contributed by atoms with E-state index in [-0.39, 0.29) is 18.6 Å². The number of hydrogen-bond acceptors (Lipinski definition) is 5. The van der Waals surface area contributed by atoms with Gasteiger partial charge in [0.25, 0.3) is 5.91 Å². The van der Waals surface area contributed by atoms with E-state index >= 15 is 0 Å². The van der Waals surface area contributed by atoms with E-state index < -0.39 is 0 Å². The van der Waals surface area contributed by atoms with Crippen LogP contribution in [0.1, 0.15) is 16.6 Å². The van der Waals surface area contributed by atoms with Gasteiger partial charge in [-0.05, 0) is 42.8 Å². The highest BCUT2D eigenvalue weighted by molar-refractivity contribution is 7.17. The predicted molar refractivity (Wildman–Crippen MR) is 84.8 cm³/mol. The summed E-state index contributed by atoms with van der Waals surface area (Å²) in [6.45, 7) is 2.80. The van der Waals surface area contributed by atoms with Crippen molar-refractivity contribution < 1.29 is 19.4 Å². The molecule has 1 unspecified atom stereocenters. The van der Waals surface area contributed by atoms with Crippen molar-refractivity contribution in [1.82, 2.24) is 5.32 Å². The van der Waals surface area contributed by atoms with E-state index in [2.05, 4.69) is 5.32 Å². The number of thiophene rings is 1. The fourth-order valence-electron chi connectivity index (χ4n) is 2.15. The van der Waals surface area contributed by atoms with Gasteiger partial charge in [0.2, 0.25) is 0 Å². The second-order valence-corrected chi connectivity index (χ2v) is 6.16. The number of amides is 1. The number of ether oxygens (including phenoxy) is 2. The number of aliphatic hydroxyl groups excluding tert-OH is 1. The van der Waals surface area contributed by atoms with Crippen LogP contribution in [0.4, 0.5) is 0 Å². The second-order valence-electron chi connectivity index (χ2n) is 5.08. The van der Waals surface area contributed by atoms with Crippen LogP contribution in [0.2, 0.25) is 0 Å². The summed E-state index contributed by atoms with van der Waals surface area (Å²) in [7, 11) is 0. The van der Waals surface area contributed by atoms with Gasteiger partial charge in [-0.1, -0.05) is 0 Å². The molecule has 0 saturated carbocycles. The van der Waals surface area contributed by atoms with Crippen molar-refractivity contribution in [3.05, 3.63) is 35.2 Å². The molecule has 1 atom stereocenters. The number of benzene rings is 1. The molecule has 0 bridgehead atoms. The predicted octanol–water partition coefficient (Wildman–Crippen LogP) is 2.30. The van der Waals surface area contributed by atoms with Crippen LogP contribution in [0.25, 0.3) is 10.4 Å². The van der Waals surface area contributed by atoms with Gasteiger partial charge in [0.15, 0.2) is 11.5 Å². The highest BCUT2D eigenvalue weighted by Gasteiger charge is 2.15. The molecule has 2 heterocycles. The number of hydrogen-bond donors (Lipinski definition) is 2. The molecule has 116 valence electrons. The van der Waals surface area contributed by atoms with Crippen LogP contribution in [0, 0.1) is 0 Å². The van der Waals surface area contributed by atoms with Crippen LogP contribution < -0.4 is 14.8 Å². The van der Waals surface area contributed by atoms with E-state index in [1.807, 2.05) is 24.3 Å². The van der Waals surface area contributed by atoms with Crippen LogP contribution >= 0.6 is 11.3 Å². The van der Waals surface area contributed by atoms with E-state index in [0.717, 1.165) is 21.9 Å². The van der Waals surface area contributed by atoms with Gasteiger partial charge >= 0.3 is 0 Å². The Morgan fingerprint density at radius 1 is 1.27 bits per heavy atom. The van der Waals surface area contributed by atoms with Crippen molar-refractivity contribution in [2.24, 2.45) is 0 Å². The Kier molecular flexibility index (Phi) is 4.31. The maximum atomic E-state index is 12.0. The molecule has 0 fully saturated rings. The largest absolute Gasteiger partial charge is 0.486 e. The van der Waals surface area contributed by atoms with Crippen LogP contribution in [0.15, 0.2) is 30.3 Å². The van der Waals surface area contributed by atoms with Gasteiger partial charge in [-0.3, -0.25) is 4.79 Å². The van der Waals surface area contributed by atoms with Gasteiger partial charge in [0, 0.05) is 10.9 Å². The monoisotopic (exact) mass is 319 g/mol. The molecule has 5 nitrogen and oxygen atoms in total. The summed E-state index contributed by atoms with van der Waals surface area (Å²) in [6.07, 6.45) is 0. The van der Waals surface area contributed by atoms with E-state index in [1.54, 1.807) is 13.0 Å². The Morgan fingerprint density at radius 2 is 2.05 bits per heavy atom. The number of rotatable bonds is 4. The van der Waals surface area contributed by atoms with Gasteiger partial charge in [-0.25, -0.2) is 0 Å². The van der Waals surface area contributed by atoms with Crippen molar-refractivity contribution in [3.8, 4) is 21.9 Å². The lowest BCUT2D eigenvalue weighted by atomic mass is 10.1. The molecule has 0 spiro atoms. The first-order valence-electron chi connectivity index (χ1n) is 7.09. The molecule has 6 heteroatoms. The number of fused-ring (bicyclic) bond motifs is 1. The molecule has 0 radical (unpaired) electrons. The van der Waals surface area contributed by atoms with E-state index in [9.17, 15) is 4.79 Å². The molecule has 1 amide bonds. The molecule has 2 aromatic rings. The first kappa shape index (κ1) is 14.9. The highest BCUT2D eigenvalue weighted by atomic mass is 32.1. The summed E-state index contributed by atoms with van der Waals surface area (Å²) in [5.74, 6) is 1.31. The minimum absolute atomic E-state index is 0.0772. The Bertz CT molecular complexity index is 683. The molecule has 2 N–H and O–H groups in total. The summed E-state index contributed by atoms with van der Waals surface area (Å²) in [5.41, 5.74) is 0.989. The molecule has 1 aromatic carbocycles. The Morgan fingerprint density at radius 3 is 2.82 bits per heavy atom. The summed E-state index contributed by atoms with van der Waals surface area (Å²) >= 11 is 1.41. The average Bonchev–Trinajstić information content (AvgIpc) is 3.04. The Hall–Kier alpha value is -2.05. The lowest BCUT2D eigenvalue weighted by Gasteiger charge is -2.18. The maximum absolute atomic E-state index is 12.0. The standard InChI is InChI=1S/C16H17NO4S/c1-10(9-18)17-16(19)15-5-4-14(22-15)11-2-3-12-13(8-11)21-7-6-20-12/h2-5,8,10,18H,6-7,9H2,1H3,(H,17,19). The molecule has 0 saturated heterocycles. The van der Waals surface area contributed by atoms with Crippen molar-refractivity contribution in [1.29, 1.82) is 0 Å². The third-order valence-electron chi connectivity index (χ3n) is 3.31. The summed E-state index contributed by atoms with van der Waals surface area (Å²) in [4.78, 5) is 13.6. The average molecular weight is 319 g/mol. The zero-order valence-electron chi connectivity index (χ0n) is 12.2. The molecule has 1 aliphatic heterocycles. The van der Waals surface area contributed by atoms with Gasteiger partial charge in [0.1, 0.15) is 13.2 Å². The van der Waals surface area contributed by atoms with Crippen molar-refractivity contribution in [3.63, 3.8) is 0 Å². The second kappa shape index (κ2) is 6.37. The third-order valence-corrected chi connectivity index (χ3v) is 4.44. The van der Waals surface area contributed by atoms with Crippen LogP contribution in [0.5, 0.6) is 11.5 Å².